The Hall–Kier alpha value is -9.18. The first-order valence-electron chi connectivity index (χ1n) is 23.6. The van der Waals surface area contributed by atoms with Gasteiger partial charge in [-0.15, -0.1) is 0 Å². The number of benzene rings is 11. The summed E-state index contributed by atoms with van der Waals surface area (Å²) >= 11 is 0. The molecule has 0 unspecified atom stereocenters. The normalized spacial score (nSPS) is 11.5. The van der Waals surface area contributed by atoms with Crippen LogP contribution in [0.5, 0.6) is 0 Å². The van der Waals surface area contributed by atoms with Gasteiger partial charge in [-0.3, -0.25) is 0 Å². The van der Waals surface area contributed by atoms with Crippen molar-refractivity contribution in [2.45, 2.75) is 0 Å². The maximum atomic E-state index is 6.22. The van der Waals surface area contributed by atoms with Gasteiger partial charge >= 0.3 is 0 Å². The van der Waals surface area contributed by atoms with Gasteiger partial charge in [0.15, 0.2) is 0 Å². The number of anilines is 3. The molecule has 69 heavy (non-hydrogen) atoms. The van der Waals surface area contributed by atoms with Crippen molar-refractivity contribution in [1.29, 1.82) is 0 Å². The average Bonchev–Trinajstić information content (AvgIpc) is 3.98. The maximum absolute atomic E-state index is 6.22. The van der Waals surface area contributed by atoms with E-state index >= 15 is 0 Å². The standard InChI is InChI=1S/C66H44N2O/c1-2-15-45(16-3-1)46-29-33-49(34-30-46)54-17-4-9-23-60(54)67(52-41-37-48(38-42-52)47-31-35-51(36-32-47)56-22-14-28-65-66(56)59-21-8-13-27-64(59)69-65)53-43-39-50(40-44-53)55-18-5-10-24-61(55)68-62-25-11-6-19-57(62)58-20-7-12-26-63(58)68/h1-44H. The van der Waals surface area contributed by atoms with Crippen LogP contribution in [0.4, 0.5) is 17.1 Å². The molecule has 2 heterocycles. The van der Waals surface area contributed by atoms with E-state index in [-0.39, 0.29) is 0 Å². The van der Waals surface area contributed by atoms with E-state index in [4.69, 9.17) is 4.42 Å². The minimum Gasteiger partial charge on any atom is -0.456 e. The Morgan fingerprint density at radius 3 is 1.35 bits per heavy atom. The summed E-state index contributed by atoms with van der Waals surface area (Å²) in [7, 11) is 0. The molecule has 3 nitrogen and oxygen atoms in total. The Kier molecular flexibility index (Phi) is 9.84. The quantitative estimate of drug-likeness (QED) is 0.144. The van der Waals surface area contributed by atoms with Gasteiger partial charge < -0.3 is 13.9 Å². The first-order chi connectivity index (χ1) is 34.2. The van der Waals surface area contributed by atoms with E-state index in [1.807, 2.05) is 12.1 Å². The van der Waals surface area contributed by atoms with Crippen molar-refractivity contribution in [3.05, 3.63) is 267 Å². The number of aromatic nitrogens is 1. The molecule has 13 rings (SSSR count). The third kappa shape index (κ3) is 7.08. The summed E-state index contributed by atoms with van der Waals surface area (Å²) < 4.78 is 8.63. The molecule has 0 saturated carbocycles. The number of para-hydroxylation sites is 5. The Bertz CT molecular complexity index is 3920. The van der Waals surface area contributed by atoms with Crippen LogP contribution < -0.4 is 4.90 Å². The molecule has 3 heteroatoms. The van der Waals surface area contributed by atoms with Gasteiger partial charge in [0.1, 0.15) is 11.2 Å². The van der Waals surface area contributed by atoms with E-state index in [9.17, 15) is 0 Å². The maximum Gasteiger partial charge on any atom is 0.136 e. The predicted molar refractivity (Wildman–Crippen MR) is 290 cm³/mol. The highest BCUT2D eigenvalue weighted by molar-refractivity contribution is 6.12. The monoisotopic (exact) mass is 880 g/mol. The third-order valence-corrected chi connectivity index (χ3v) is 13.7. The summed E-state index contributed by atoms with van der Waals surface area (Å²) in [5, 5.41) is 4.79. The largest absolute Gasteiger partial charge is 0.456 e. The zero-order valence-corrected chi connectivity index (χ0v) is 37.7. The summed E-state index contributed by atoms with van der Waals surface area (Å²) in [6.07, 6.45) is 0. The van der Waals surface area contributed by atoms with E-state index in [1.54, 1.807) is 0 Å². The van der Waals surface area contributed by atoms with Crippen LogP contribution in [0.2, 0.25) is 0 Å². The zero-order chi connectivity index (χ0) is 45.7. The van der Waals surface area contributed by atoms with Crippen molar-refractivity contribution in [3.8, 4) is 61.3 Å². The summed E-state index contributed by atoms with van der Waals surface area (Å²) in [5.74, 6) is 0. The fraction of sp³-hybridized carbons (Fsp3) is 0. The first kappa shape index (κ1) is 40.1. The van der Waals surface area contributed by atoms with Crippen molar-refractivity contribution in [2.24, 2.45) is 0 Å². The Morgan fingerprint density at radius 2 is 0.696 bits per heavy atom. The number of fused-ring (bicyclic) bond motifs is 6. The Morgan fingerprint density at radius 1 is 0.275 bits per heavy atom. The molecular formula is C66H44N2O. The van der Waals surface area contributed by atoms with Crippen LogP contribution in [-0.2, 0) is 0 Å². The third-order valence-electron chi connectivity index (χ3n) is 13.7. The molecule has 0 fully saturated rings. The first-order valence-corrected chi connectivity index (χ1v) is 23.6. The molecule has 13 aromatic rings. The smallest absolute Gasteiger partial charge is 0.136 e. The second-order valence-electron chi connectivity index (χ2n) is 17.6. The molecule has 324 valence electrons. The second kappa shape index (κ2) is 16.9. The van der Waals surface area contributed by atoms with Crippen molar-refractivity contribution >= 4 is 60.8 Å². The molecule has 0 saturated heterocycles. The van der Waals surface area contributed by atoms with Gasteiger partial charge in [-0.05, 0) is 105 Å². The second-order valence-corrected chi connectivity index (χ2v) is 17.6. The number of hydrogen-bond donors (Lipinski definition) is 0. The number of furan rings is 1. The summed E-state index contributed by atoms with van der Waals surface area (Å²) in [5.41, 5.74) is 20.3. The van der Waals surface area contributed by atoms with E-state index in [2.05, 4.69) is 264 Å². The van der Waals surface area contributed by atoms with Crippen LogP contribution in [0.1, 0.15) is 0 Å². The Balaban J connectivity index is 0.888. The molecule has 0 aliphatic heterocycles. The topological polar surface area (TPSA) is 21.3 Å². The van der Waals surface area contributed by atoms with Gasteiger partial charge in [0.25, 0.3) is 0 Å². The number of rotatable bonds is 9. The van der Waals surface area contributed by atoms with Gasteiger partial charge in [0.05, 0.1) is 22.4 Å². The molecular weight excluding hydrogens is 837 g/mol. The SMILES string of the molecule is c1ccc(-c2ccc(-c3ccccc3N(c3ccc(-c4ccc(-c5cccc6oc7ccccc7c56)cc4)cc3)c3ccc(-c4ccccc4-n4c5ccccc5c5ccccc54)cc3)cc2)cc1. The Labute approximate surface area is 401 Å². The average molecular weight is 881 g/mol. The fourth-order valence-electron chi connectivity index (χ4n) is 10.4. The molecule has 11 aromatic carbocycles. The summed E-state index contributed by atoms with van der Waals surface area (Å²) in [6.45, 7) is 0. The molecule has 0 aliphatic carbocycles. The van der Waals surface area contributed by atoms with Crippen LogP contribution in [0.3, 0.4) is 0 Å². The van der Waals surface area contributed by atoms with E-state index < -0.39 is 0 Å². The van der Waals surface area contributed by atoms with Crippen LogP contribution in [0, 0.1) is 0 Å². The van der Waals surface area contributed by atoms with Gasteiger partial charge in [-0.25, -0.2) is 0 Å². The molecule has 0 atom stereocenters. The van der Waals surface area contributed by atoms with Crippen molar-refractivity contribution in [1.82, 2.24) is 4.57 Å². The van der Waals surface area contributed by atoms with E-state index in [1.165, 1.54) is 44.1 Å². The highest BCUT2D eigenvalue weighted by Gasteiger charge is 2.20. The van der Waals surface area contributed by atoms with Gasteiger partial charge in [-0.1, -0.05) is 206 Å². The van der Waals surface area contributed by atoms with Crippen LogP contribution in [0.25, 0.3) is 105 Å². The van der Waals surface area contributed by atoms with Gasteiger partial charge in [0.2, 0.25) is 0 Å². The highest BCUT2D eigenvalue weighted by Crippen LogP contribution is 2.44. The van der Waals surface area contributed by atoms with Crippen LogP contribution >= 0.6 is 0 Å². The minimum atomic E-state index is 0.905. The molecule has 0 amide bonds. The lowest BCUT2D eigenvalue weighted by atomic mass is 9.96. The van der Waals surface area contributed by atoms with E-state index in [0.717, 1.165) is 78.1 Å². The summed E-state index contributed by atoms with van der Waals surface area (Å²) in [6, 6.07) is 96.1. The molecule has 0 aliphatic rings. The van der Waals surface area contributed by atoms with Crippen molar-refractivity contribution in [3.63, 3.8) is 0 Å². The lowest BCUT2D eigenvalue weighted by Gasteiger charge is -2.28. The predicted octanol–water partition coefficient (Wildman–Crippen LogP) is 18.5. The lowest BCUT2D eigenvalue weighted by Crippen LogP contribution is -2.11. The highest BCUT2D eigenvalue weighted by atomic mass is 16.3. The molecule has 0 bridgehead atoms. The fourth-order valence-corrected chi connectivity index (χ4v) is 10.4. The number of hydrogen-bond acceptors (Lipinski definition) is 2. The van der Waals surface area contributed by atoms with Crippen molar-refractivity contribution < 1.29 is 4.42 Å². The van der Waals surface area contributed by atoms with Gasteiger partial charge in [-0.2, -0.15) is 0 Å². The lowest BCUT2D eigenvalue weighted by molar-refractivity contribution is 0.669. The molecule has 0 N–H and O–H groups in total. The minimum absolute atomic E-state index is 0.905. The summed E-state index contributed by atoms with van der Waals surface area (Å²) in [4.78, 5) is 2.39. The molecule has 0 spiro atoms. The zero-order valence-electron chi connectivity index (χ0n) is 37.7. The van der Waals surface area contributed by atoms with Crippen molar-refractivity contribution in [2.75, 3.05) is 4.90 Å². The molecule has 0 radical (unpaired) electrons. The number of nitrogens with zero attached hydrogens (tertiary/aromatic N) is 2. The van der Waals surface area contributed by atoms with E-state index in [0.29, 0.717) is 0 Å². The van der Waals surface area contributed by atoms with Gasteiger partial charge in [0, 0.05) is 44.0 Å². The molecule has 2 aromatic heterocycles. The van der Waals surface area contributed by atoms with Crippen LogP contribution in [0.15, 0.2) is 271 Å². The van der Waals surface area contributed by atoms with Crippen LogP contribution in [-0.4, -0.2) is 4.57 Å².